The summed E-state index contributed by atoms with van der Waals surface area (Å²) in [5, 5.41) is 0. The summed E-state index contributed by atoms with van der Waals surface area (Å²) in [6.45, 7) is 2.75. The molecule has 6 rings (SSSR count). The number of fused-ring (bicyclic) bond motifs is 6. The van der Waals surface area contributed by atoms with E-state index in [1.54, 1.807) is 0 Å². The molecule has 0 fully saturated rings. The fraction of sp³-hybridized carbons (Fsp3) is 0.161. The summed E-state index contributed by atoms with van der Waals surface area (Å²) in [7, 11) is 0. The highest BCUT2D eigenvalue weighted by Crippen LogP contribution is 2.35. The number of benzene rings is 4. The third-order valence-corrected chi connectivity index (χ3v) is 7.42. The van der Waals surface area contributed by atoms with Crippen LogP contribution in [0.1, 0.15) is 45.2 Å². The second-order valence-corrected chi connectivity index (χ2v) is 9.88. The van der Waals surface area contributed by atoms with Crippen LogP contribution < -0.4 is 0 Å². The first-order valence-corrected chi connectivity index (χ1v) is 13.1. The highest BCUT2D eigenvalue weighted by molar-refractivity contribution is 7.99. The standard InChI is InChI=1S/C17H16O2S.C14H9FO2/c1-2-9-20-13-7-8-15-16(10-13)14-6-4-3-5-12(14)11-19-17(15)18;15-10-5-6-12-13(7-10)11-4-2-1-3-9(11)8-17-14(12)16/h3-8,10H,2,9,11H2,1H3;1-7H,8H2. The van der Waals surface area contributed by atoms with Gasteiger partial charge in [-0.3, -0.25) is 0 Å². The van der Waals surface area contributed by atoms with Gasteiger partial charge in [-0.2, -0.15) is 0 Å². The van der Waals surface area contributed by atoms with Gasteiger partial charge >= 0.3 is 11.9 Å². The predicted molar refractivity (Wildman–Crippen MR) is 143 cm³/mol. The molecule has 0 N–H and O–H groups in total. The molecule has 0 bridgehead atoms. The van der Waals surface area contributed by atoms with Crippen LogP contribution in [-0.2, 0) is 22.7 Å². The lowest BCUT2D eigenvalue weighted by molar-refractivity contribution is 0.0470. The predicted octanol–water partition coefficient (Wildman–Crippen LogP) is 7.69. The van der Waals surface area contributed by atoms with Crippen LogP contribution in [-0.4, -0.2) is 17.7 Å². The molecule has 0 radical (unpaired) electrons. The number of hydrogen-bond donors (Lipinski definition) is 0. The fourth-order valence-corrected chi connectivity index (χ4v) is 5.22. The second-order valence-electron chi connectivity index (χ2n) is 8.71. The minimum Gasteiger partial charge on any atom is -0.457 e. The van der Waals surface area contributed by atoms with E-state index in [1.165, 1.54) is 23.1 Å². The molecule has 4 aromatic rings. The number of halogens is 1. The zero-order valence-corrected chi connectivity index (χ0v) is 21.1. The maximum Gasteiger partial charge on any atom is 0.339 e. The summed E-state index contributed by atoms with van der Waals surface area (Å²) in [6, 6.07) is 25.7. The molecule has 4 aromatic carbocycles. The molecule has 186 valence electrons. The van der Waals surface area contributed by atoms with E-state index in [2.05, 4.69) is 19.1 Å². The van der Waals surface area contributed by atoms with Crippen molar-refractivity contribution in [2.24, 2.45) is 0 Å². The van der Waals surface area contributed by atoms with E-state index < -0.39 is 5.97 Å². The molecule has 4 nitrogen and oxygen atoms in total. The number of carbonyl (C=O) groups excluding carboxylic acids is 2. The second kappa shape index (κ2) is 11.0. The topological polar surface area (TPSA) is 52.6 Å². The van der Waals surface area contributed by atoms with Gasteiger partial charge in [0.05, 0.1) is 11.1 Å². The molecule has 0 aromatic heterocycles. The molecule has 2 aliphatic heterocycles. The van der Waals surface area contributed by atoms with Crippen molar-refractivity contribution in [3.63, 3.8) is 0 Å². The maximum atomic E-state index is 13.3. The number of carbonyl (C=O) groups is 2. The van der Waals surface area contributed by atoms with Crippen LogP contribution in [0.4, 0.5) is 4.39 Å². The van der Waals surface area contributed by atoms with Gasteiger partial charge in [0.15, 0.2) is 0 Å². The number of rotatable bonds is 3. The van der Waals surface area contributed by atoms with Gasteiger partial charge in [-0.05, 0) is 82.0 Å². The SMILES string of the molecule is CCCSc1ccc2c(c1)-c1ccccc1COC2=O.O=C1OCc2ccccc2-c2cc(F)ccc21. The Kier molecular flexibility index (Phi) is 7.37. The van der Waals surface area contributed by atoms with E-state index in [0.29, 0.717) is 23.3 Å². The molecule has 0 amide bonds. The molecular weight excluding hydrogens is 487 g/mol. The molecule has 2 aliphatic rings. The van der Waals surface area contributed by atoms with Gasteiger partial charge in [0.25, 0.3) is 0 Å². The lowest BCUT2D eigenvalue weighted by Gasteiger charge is -2.09. The first-order valence-electron chi connectivity index (χ1n) is 12.1. The van der Waals surface area contributed by atoms with Gasteiger partial charge in [0.2, 0.25) is 0 Å². The van der Waals surface area contributed by atoms with Gasteiger partial charge < -0.3 is 9.47 Å². The molecule has 0 atom stereocenters. The average Bonchev–Trinajstić information content (AvgIpc) is 3.16. The Morgan fingerprint density at radius 1 is 0.676 bits per heavy atom. The molecule has 0 spiro atoms. The Balaban J connectivity index is 0.000000153. The van der Waals surface area contributed by atoms with Gasteiger partial charge in [-0.1, -0.05) is 55.5 Å². The molecule has 0 saturated heterocycles. The van der Waals surface area contributed by atoms with Crippen LogP contribution >= 0.6 is 11.8 Å². The normalized spacial score (nSPS) is 13.2. The number of thioether (sulfide) groups is 1. The molecule has 0 unspecified atom stereocenters. The lowest BCUT2D eigenvalue weighted by atomic mass is 9.96. The maximum absolute atomic E-state index is 13.3. The quantitative estimate of drug-likeness (QED) is 0.208. The highest BCUT2D eigenvalue weighted by Gasteiger charge is 2.22. The number of esters is 2. The zero-order valence-electron chi connectivity index (χ0n) is 20.3. The minimum absolute atomic E-state index is 0.227. The van der Waals surface area contributed by atoms with E-state index >= 15 is 0 Å². The number of cyclic esters (lactones) is 2. The number of hydrogen-bond acceptors (Lipinski definition) is 5. The minimum atomic E-state index is -0.406. The van der Waals surface area contributed by atoms with Crippen LogP contribution in [0, 0.1) is 5.82 Å². The largest absolute Gasteiger partial charge is 0.457 e. The van der Waals surface area contributed by atoms with Crippen molar-refractivity contribution in [2.75, 3.05) is 5.75 Å². The zero-order chi connectivity index (χ0) is 25.8. The summed E-state index contributed by atoms with van der Waals surface area (Å²) >= 11 is 1.82. The molecule has 0 saturated carbocycles. The Morgan fingerprint density at radius 2 is 1.22 bits per heavy atom. The van der Waals surface area contributed by atoms with Crippen molar-refractivity contribution in [2.45, 2.75) is 31.5 Å². The van der Waals surface area contributed by atoms with Crippen LogP contribution in [0.3, 0.4) is 0 Å². The van der Waals surface area contributed by atoms with E-state index in [4.69, 9.17) is 9.47 Å². The van der Waals surface area contributed by atoms with Crippen molar-refractivity contribution in [1.82, 2.24) is 0 Å². The Bertz CT molecular complexity index is 1480. The van der Waals surface area contributed by atoms with Crippen molar-refractivity contribution in [3.8, 4) is 22.3 Å². The molecule has 2 heterocycles. The smallest absolute Gasteiger partial charge is 0.339 e. The monoisotopic (exact) mass is 512 g/mol. The summed E-state index contributed by atoms with van der Waals surface area (Å²) in [5.41, 5.74) is 6.59. The van der Waals surface area contributed by atoms with Crippen molar-refractivity contribution in [3.05, 3.63) is 113 Å². The Morgan fingerprint density at radius 3 is 1.81 bits per heavy atom. The molecule has 0 aliphatic carbocycles. The highest BCUT2D eigenvalue weighted by atomic mass is 32.2. The molecular formula is C31H25FO4S. The van der Waals surface area contributed by atoms with Gasteiger partial charge in [-0.25, -0.2) is 14.0 Å². The third-order valence-electron chi connectivity index (χ3n) is 6.22. The molecule has 37 heavy (non-hydrogen) atoms. The van der Waals surface area contributed by atoms with E-state index in [0.717, 1.165) is 40.0 Å². The fourth-order valence-electron chi connectivity index (χ4n) is 4.41. The molecule has 6 heteroatoms. The first-order chi connectivity index (χ1) is 18.0. The lowest BCUT2D eigenvalue weighted by Crippen LogP contribution is -2.03. The summed E-state index contributed by atoms with van der Waals surface area (Å²) in [5.74, 6) is 0.0953. The Hall–Kier alpha value is -3.90. The van der Waals surface area contributed by atoms with Crippen LogP contribution in [0.15, 0.2) is 89.8 Å². The van der Waals surface area contributed by atoms with Gasteiger partial charge in [0.1, 0.15) is 19.0 Å². The van der Waals surface area contributed by atoms with Crippen molar-refractivity contribution >= 4 is 23.7 Å². The average molecular weight is 513 g/mol. The van der Waals surface area contributed by atoms with Crippen LogP contribution in [0.25, 0.3) is 22.3 Å². The first kappa shape index (κ1) is 24.8. The summed E-state index contributed by atoms with van der Waals surface area (Å²) < 4.78 is 23.8. The van der Waals surface area contributed by atoms with E-state index in [9.17, 15) is 14.0 Å². The summed E-state index contributed by atoms with van der Waals surface area (Å²) in [4.78, 5) is 25.0. The van der Waals surface area contributed by atoms with Crippen LogP contribution in [0.5, 0.6) is 0 Å². The van der Waals surface area contributed by atoms with Crippen molar-refractivity contribution < 1.29 is 23.5 Å². The van der Waals surface area contributed by atoms with Crippen LogP contribution in [0.2, 0.25) is 0 Å². The van der Waals surface area contributed by atoms with Gasteiger partial charge in [-0.15, -0.1) is 11.8 Å². The van der Waals surface area contributed by atoms with E-state index in [1.807, 2.05) is 66.4 Å². The van der Waals surface area contributed by atoms with Gasteiger partial charge in [0, 0.05) is 4.90 Å². The van der Waals surface area contributed by atoms with E-state index in [-0.39, 0.29) is 18.4 Å². The van der Waals surface area contributed by atoms with Crippen molar-refractivity contribution in [1.29, 1.82) is 0 Å². The third kappa shape index (κ3) is 5.30. The Labute approximate surface area is 219 Å². The summed E-state index contributed by atoms with van der Waals surface area (Å²) in [6.07, 6.45) is 1.14. The number of ether oxygens (including phenoxy) is 2.